The van der Waals surface area contributed by atoms with Crippen LogP contribution in [-0.4, -0.2) is 44.3 Å². The molecule has 10 nitrogen and oxygen atoms in total. The van der Waals surface area contributed by atoms with E-state index in [0.717, 1.165) is 0 Å². The largest absolute Gasteiger partial charge is 0.469 e. The van der Waals surface area contributed by atoms with Gasteiger partial charge in [-0.3, -0.25) is 9.59 Å². The number of nitrogens with zero attached hydrogens (tertiary/aromatic N) is 2. The van der Waals surface area contributed by atoms with Crippen molar-refractivity contribution in [2.75, 3.05) is 12.4 Å². The van der Waals surface area contributed by atoms with Crippen molar-refractivity contribution in [3.63, 3.8) is 0 Å². The number of nitriles is 1. The Bertz CT molecular complexity index is 1650. The number of ether oxygens (including phenoxy) is 1. The Labute approximate surface area is 239 Å². The third kappa shape index (κ3) is 6.80. The van der Waals surface area contributed by atoms with Crippen LogP contribution in [0.3, 0.4) is 0 Å². The number of nitrogens with one attached hydrogen (secondary N) is 2. The van der Waals surface area contributed by atoms with Crippen molar-refractivity contribution in [3.05, 3.63) is 83.9 Å². The molecule has 0 fully saturated rings. The van der Waals surface area contributed by atoms with E-state index in [1.54, 1.807) is 87.5 Å². The number of hydrogen-bond acceptors (Lipinski definition) is 8. The maximum Gasteiger partial charge on any atom is 0.310 e. The van der Waals surface area contributed by atoms with Crippen molar-refractivity contribution in [3.8, 4) is 17.2 Å². The van der Waals surface area contributed by atoms with Crippen LogP contribution < -0.4 is 10.0 Å². The molecule has 0 saturated heterocycles. The van der Waals surface area contributed by atoms with Gasteiger partial charge in [0, 0.05) is 28.8 Å². The van der Waals surface area contributed by atoms with Gasteiger partial charge >= 0.3 is 5.97 Å². The number of methoxy groups -OCH3 is 1. The fourth-order valence-electron chi connectivity index (χ4n) is 4.38. The van der Waals surface area contributed by atoms with Crippen LogP contribution in [-0.2, 0) is 29.2 Å². The number of benzene rings is 3. The minimum absolute atomic E-state index is 0.0209. The number of hydrogen-bond donors (Lipinski definition) is 2. The standard InChI is InChI=1S/C30H30N4O6S/c1-29(2,3)34-41(37,38)26-11-6-5-10-24(26)21-12-14-23(15-13-21)32-28(36)30(18-27(35)39-4)17-25(33-40-30)22-9-7-8-20(16-22)19-31/h5-16,34H,17-18H2,1-4H3,(H,32,36)/t30-/m0/s1. The normalized spacial score (nSPS) is 16.7. The van der Waals surface area contributed by atoms with Crippen LogP contribution in [0.2, 0.25) is 0 Å². The van der Waals surface area contributed by atoms with Crippen LogP contribution in [0.25, 0.3) is 11.1 Å². The van der Waals surface area contributed by atoms with E-state index in [2.05, 4.69) is 21.3 Å². The van der Waals surface area contributed by atoms with Crippen molar-refractivity contribution in [2.45, 2.75) is 49.6 Å². The highest BCUT2D eigenvalue weighted by Gasteiger charge is 2.49. The van der Waals surface area contributed by atoms with E-state index >= 15 is 0 Å². The zero-order valence-electron chi connectivity index (χ0n) is 23.1. The van der Waals surface area contributed by atoms with Crippen molar-refractivity contribution in [2.24, 2.45) is 5.16 Å². The van der Waals surface area contributed by atoms with E-state index in [1.807, 2.05) is 0 Å². The Balaban J connectivity index is 1.57. The van der Waals surface area contributed by atoms with Crippen molar-refractivity contribution >= 4 is 33.3 Å². The maximum absolute atomic E-state index is 13.5. The Morgan fingerprint density at radius 3 is 2.41 bits per heavy atom. The van der Waals surface area contributed by atoms with Gasteiger partial charge in [0.25, 0.3) is 5.91 Å². The highest BCUT2D eigenvalue weighted by Crippen LogP contribution is 2.33. The second-order valence-corrected chi connectivity index (χ2v) is 12.3. The second-order valence-electron chi connectivity index (χ2n) is 10.6. The Kier molecular flexibility index (Phi) is 8.28. The smallest absolute Gasteiger partial charge is 0.310 e. The van der Waals surface area contributed by atoms with Gasteiger partial charge in [0.2, 0.25) is 15.6 Å². The van der Waals surface area contributed by atoms with Gasteiger partial charge in [-0.05, 0) is 56.7 Å². The third-order valence-corrected chi connectivity index (χ3v) is 8.07. The summed E-state index contributed by atoms with van der Waals surface area (Å²) < 4.78 is 33.6. The molecule has 2 N–H and O–H groups in total. The van der Waals surface area contributed by atoms with Gasteiger partial charge in [0.05, 0.1) is 35.8 Å². The van der Waals surface area contributed by atoms with Crippen molar-refractivity contribution < 1.29 is 27.6 Å². The van der Waals surface area contributed by atoms with Crippen LogP contribution in [0.5, 0.6) is 0 Å². The summed E-state index contributed by atoms with van der Waals surface area (Å²) in [6, 6.07) is 22.1. The van der Waals surface area contributed by atoms with Crippen LogP contribution in [0, 0.1) is 11.3 Å². The molecule has 0 radical (unpaired) electrons. The zero-order chi connectivity index (χ0) is 29.8. The summed E-state index contributed by atoms with van der Waals surface area (Å²) in [5.41, 5.74) is 0.640. The number of anilines is 1. The third-order valence-electron chi connectivity index (χ3n) is 6.25. The summed E-state index contributed by atoms with van der Waals surface area (Å²) in [6.07, 6.45) is -0.405. The lowest BCUT2D eigenvalue weighted by Gasteiger charge is -2.24. The Morgan fingerprint density at radius 1 is 1.05 bits per heavy atom. The number of amides is 1. The van der Waals surface area contributed by atoms with Crippen molar-refractivity contribution in [1.29, 1.82) is 5.26 Å². The molecule has 0 spiro atoms. The minimum atomic E-state index is -3.80. The molecule has 0 aliphatic carbocycles. The summed E-state index contributed by atoms with van der Waals surface area (Å²) >= 11 is 0. The van der Waals surface area contributed by atoms with Gasteiger partial charge in [-0.2, -0.15) is 5.26 Å². The molecule has 0 aromatic heterocycles. The number of sulfonamides is 1. The van der Waals surface area contributed by atoms with Crippen molar-refractivity contribution in [1.82, 2.24) is 4.72 Å². The molecule has 0 unspecified atom stereocenters. The molecule has 3 aromatic carbocycles. The first-order chi connectivity index (χ1) is 19.4. The molecule has 1 heterocycles. The molecule has 212 valence electrons. The number of esters is 1. The summed E-state index contributed by atoms with van der Waals surface area (Å²) in [7, 11) is -2.59. The Morgan fingerprint density at radius 2 is 1.76 bits per heavy atom. The molecule has 1 aliphatic rings. The fourth-order valence-corrected chi connectivity index (χ4v) is 6.03. The minimum Gasteiger partial charge on any atom is -0.469 e. The fraction of sp³-hybridized carbons (Fsp3) is 0.267. The molecule has 41 heavy (non-hydrogen) atoms. The monoisotopic (exact) mass is 574 g/mol. The average molecular weight is 575 g/mol. The molecule has 4 rings (SSSR count). The van der Waals surface area contributed by atoms with Crippen LogP contribution >= 0.6 is 0 Å². The summed E-state index contributed by atoms with van der Waals surface area (Å²) in [5, 5.41) is 16.1. The Hall–Kier alpha value is -4.53. The summed E-state index contributed by atoms with van der Waals surface area (Å²) in [5.74, 6) is -1.26. The van der Waals surface area contributed by atoms with Gasteiger partial charge < -0.3 is 14.9 Å². The van der Waals surface area contributed by atoms with Gasteiger partial charge in [-0.25, -0.2) is 13.1 Å². The number of oxime groups is 1. The van der Waals surface area contributed by atoms with E-state index in [-0.39, 0.29) is 17.7 Å². The van der Waals surface area contributed by atoms with E-state index in [9.17, 15) is 23.3 Å². The highest BCUT2D eigenvalue weighted by molar-refractivity contribution is 7.89. The van der Waals surface area contributed by atoms with Crippen LogP contribution in [0.1, 0.15) is 44.7 Å². The lowest BCUT2D eigenvalue weighted by atomic mass is 9.89. The first kappa shape index (κ1) is 29.5. The van der Waals surface area contributed by atoms with Gasteiger partial charge in [0.1, 0.15) is 0 Å². The topological polar surface area (TPSA) is 147 Å². The van der Waals surface area contributed by atoms with Crippen LogP contribution in [0.15, 0.2) is 82.8 Å². The highest BCUT2D eigenvalue weighted by atomic mass is 32.2. The zero-order valence-corrected chi connectivity index (χ0v) is 23.9. The quantitative estimate of drug-likeness (QED) is 0.380. The molecule has 11 heteroatoms. The van der Waals surface area contributed by atoms with Crippen LogP contribution in [0.4, 0.5) is 5.69 Å². The second kappa shape index (κ2) is 11.5. The SMILES string of the molecule is COC(=O)C[C@]1(C(=O)Nc2ccc(-c3ccccc3S(=O)(=O)NC(C)(C)C)cc2)CC(c2cccc(C#N)c2)=NO1. The van der Waals surface area contributed by atoms with Gasteiger partial charge in [0.15, 0.2) is 0 Å². The first-order valence-electron chi connectivity index (χ1n) is 12.7. The van der Waals surface area contributed by atoms with E-state index in [1.165, 1.54) is 13.2 Å². The van der Waals surface area contributed by atoms with Gasteiger partial charge in [-0.15, -0.1) is 0 Å². The van der Waals surface area contributed by atoms with E-state index in [4.69, 9.17) is 9.57 Å². The summed E-state index contributed by atoms with van der Waals surface area (Å²) in [4.78, 5) is 31.5. The first-order valence-corrected chi connectivity index (χ1v) is 14.2. The lowest BCUT2D eigenvalue weighted by molar-refractivity contribution is -0.155. The number of carbonyl (C=O) groups excluding carboxylic acids is 2. The molecule has 1 aliphatic heterocycles. The van der Waals surface area contributed by atoms with E-state index in [0.29, 0.717) is 33.7 Å². The molecule has 1 atom stereocenters. The molecular weight excluding hydrogens is 544 g/mol. The molecule has 3 aromatic rings. The predicted octanol–water partition coefficient (Wildman–Crippen LogP) is 4.37. The average Bonchev–Trinajstić information content (AvgIpc) is 3.37. The molecule has 0 bridgehead atoms. The number of carbonyl (C=O) groups is 2. The predicted molar refractivity (Wildman–Crippen MR) is 153 cm³/mol. The van der Waals surface area contributed by atoms with E-state index < -0.39 is 33.0 Å². The molecule has 1 amide bonds. The number of rotatable bonds is 8. The lowest BCUT2D eigenvalue weighted by Crippen LogP contribution is -2.45. The molecular formula is C30H30N4O6S. The molecule has 0 saturated carbocycles. The summed E-state index contributed by atoms with van der Waals surface area (Å²) in [6.45, 7) is 5.30. The van der Waals surface area contributed by atoms with Gasteiger partial charge in [-0.1, -0.05) is 47.6 Å². The maximum atomic E-state index is 13.5.